The van der Waals surface area contributed by atoms with Crippen LogP contribution in [0.3, 0.4) is 0 Å². The van der Waals surface area contributed by atoms with E-state index < -0.39 is 0 Å². The van der Waals surface area contributed by atoms with E-state index in [4.69, 9.17) is 4.74 Å². The first-order valence-electron chi connectivity index (χ1n) is 7.03. The number of carbonyl (C=O) groups is 1. The largest absolute Gasteiger partial charge is 0.369 e. The van der Waals surface area contributed by atoms with Crippen molar-refractivity contribution in [3.63, 3.8) is 0 Å². The summed E-state index contributed by atoms with van der Waals surface area (Å²) in [6.07, 6.45) is 1.99. The predicted molar refractivity (Wildman–Crippen MR) is 72.6 cm³/mol. The molecule has 0 aliphatic carbocycles. The molecule has 0 radical (unpaired) electrons. The van der Waals surface area contributed by atoms with Gasteiger partial charge in [0.25, 0.3) is 0 Å². The van der Waals surface area contributed by atoms with Gasteiger partial charge in [-0.25, -0.2) is 4.39 Å². The minimum atomic E-state index is -0.254. The summed E-state index contributed by atoms with van der Waals surface area (Å²) in [7, 11) is 0. The van der Waals surface area contributed by atoms with Crippen molar-refractivity contribution < 1.29 is 13.9 Å². The van der Waals surface area contributed by atoms with Gasteiger partial charge in [-0.15, -0.1) is 0 Å². The van der Waals surface area contributed by atoms with Gasteiger partial charge in [-0.1, -0.05) is 12.1 Å². The topological polar surface area (TPSA) is 41.6 Å². The summed E-state index contributed by atoms with van der Waals surface area (Å²) in [4.78, 5) is 14.2. The number of carbonyl (C=O) groups excluding carboxylic acids is 1. The summed E-state index contributed by atoms with van der Waals surface area (Å²) in [6, 6.07) is 6.35. The number of nitrogens with one attached hydrogen (secondary N) is 1. The van der Waals surface area contributed by atoms with Crippen molar-refractivity contribution in [2.24, 2.45) is 0 Å². The Hall–Kier alpha value is -1.46. The standard InChI is InChI=1S/C15H19FN2O2/c16-13-4-2-12(3-5-13)8-18-14(19)9-20-11-15(18)6-1-7-17-10-15/h2-5,17H,1,6-11H2. The highest BCUT2D eigenvalue weighted by Gasteiger charge is 2.43. The minimum absolute atomic E-state index is 0.0178. The fraction of sp³-hybridized carbons (Fsp3) is 0.533. The summed E-state index contributed by atoms with van der Waals surface area (Å²) in [6.45, 7) is 2.99. The van der Waals surface area contributed by atoms with Crippen LogP contribution < -0.4 is 5.32 Å². The molecule has 0 aromatic heterocycles. The lowest BCUT2D eigenvalue weighted by molar-refractivity contribution is -0.161. The van der Waals surface area contributed by atoms with Crippen molar-refractivity contribution >= 4 is 5.91 Å². The van der Waals surface area contributed by atoms with E-state index in [-0.39, 0.29) is 23.9 Å². The first-order valence-corrected chi connectivity index (χ1v) is 7.03. The maximum absolute atomic E-state index is 13.0. The monoisotopic (exact) mass is 278 g/mol. The maximum atomic E-state index is 13.0. The molecule has 0 saturated carbocycles. The van der Waals surface area contributed by atoms with Gasteiger partial charge in [0.2, 0.25) is 5.91 Å². The molecule has 1 unspecified atom stereocenters. The van der Waals surface area contributed by atoms with Gasteiger partial charge in [0.05, 0.1) is 12.1 Å². The number of nitrogens with zero attached hydrogens (tertiary/aromatic N) is 1. The zero-order valence-electron chi connectivity index (χ0n) is 11.4. The van der Waals surface area contributed by atoms with Gasteiger partial charge in [-0.3, -0.25) is 4.79 Å². The third kappa shape index (κ3) is 2.55. The van der Waals surface area contributed by atoms with E-state index in [1.165, 1.54) is 12.1 Å². The highest BCUT2D eigenvalue weighted by Crippen LogP contribution is 2.29. The molecule has 2 fully saturated rings. The van der Waals surface area contributed by atoms with Crippen molar-refractivity contribution in [3.8, 4) is 0 Å². The SMILES string of the molecule is O=C1COCC2(CCCNC2)N1Cc1ccc(F)cc1. The molecule has 0 bridgehead atoms. The molecular weight excluding hydrogens is 259 g/mol. The molecule has 2 heterocycles. The highest BCUT2D eigenvalue weighted by atomic mass is 19.1. The van der Waals surface area contributed by atoms with Crippen molar-refractivity contribution in [2.75, 3.05) is 26.3 Å². The quantitative estimate of drug-likeness (QED) is 0.887. The van der Waals surface area contributed by atoms with Crippen LogP contribution in [0.2, 0.25) is 0 Å². The summed E-state index contributed by atoms with van der Waals surface area (Å²) < 4.78 is 18.5. The summed E-state index contributed by atoms with van der Waals surface area (Å²) in [5.41, 5.74) is 0.703. The van der Waals surface area contributed by atoms with Gasteiger partial charge >= 0.3 is 0 Å². The molecular formula is C15H19FN2O2. The van der Waals surface area contributed by atoms with Crippen molar-refractivity contribution in [2.45, 2.75) is 24.9 Å². The number of halogens is 1. The minimum Gasteiger partial charge on any atom is -0.369 e. The van der Waals surface area contributed by atoms with Crippen LogP contribution in [-0.4, -0.2) is 42.6 Å². The van der Waals surface area contributed by atoms with Gasteiger partial charge in [-0.2, -0.15) is 0 Å². The molecule has 108 valence electrons. The average Bonchev–Trinajstić information content (AvgIpc) is 2.46. The highest BCUT2D eigenvalue weighted by molar-refractivity contribution is 5.79. The third-order valence-electron chi connectivity index (χ3n) is 4.17. The molecule has 1 amide bonds. The Bertz CT molecular complexity index is 478. The van der Waals surface area contributed by atoms with Crippen molar-refractivity contribution in [1.29, 1.82) is 0 Å². The van der Waals surface area contributed by atoms with E-state index in [0.717, 1.165) is 31.5 Å². The molecule has 3 rings (SSSR count). The van der Waals surface area contributed by atoms with Crippen molar-refractivity contribution in [3.05, 3.63) is 35.6 Å². The van der Waals surface area contributed by atoms with E-state index >= 15 is 0 Å². The zero-order valence-corrected chi connectivity index (χ0v) is 11.4. The van der Waals surface area contributed by atoms with Crippen LogP contribution in [0.15, 0.2) is 24.3 Å². The Morgan fingerprint density at radius 1 is 1.35 bits per heavy atom. The number of ether oxygens (including phenoxy) is 1. The van der Waals surface area contributed by atoms with Crippen LogP contribution in [0, 0.1) is 5.82 Å². The van der Waals surface area contributed by atoms with Gasteiger partial charge < -0.3 is 15.0 Å². The molecule has 1 aromatic rings. The predicted octanol–water partition coefficient (Wildman–Crippen LogP) is 1.31. The van der Waals surface area contributed by atoms with Gasteiger partial charge in [0.15, 0.2) is 0 Å². The molecule has 2 aliphatic rings. The molecule has 2 saturated heterocycles. The second-order valence-corrected chi connectivity index (χ2v) is 5.60. The van der Waals surface area contributed by atoms with Crippen LogP contribution in [0.25, 0.3) is 0 Å². The second-order valence-electron chi connectivity index (χ2n) is 5.60. The maximum Gasteiger partial charge on any atom is 0.249 e. The molecule has 1 aromatic carbocycles. The number of morpholine rings is 1. The number of hydrogen-bond donors (Lipinski definition) is 1. The molecule has 1 spiro atoms. The van der Waals surface area contributed by atoms with Crippen LogP contribution in [0.4, 0.5) is 4.39 Å². The van der Waals surface area contributed by atoms with E-state index in [1.807, 2.05) is 4.90 Å². The summed E-state index contributed by atoms with van der Waals surface area (Å²) in [5, 5.41) is 3.36. The smallest absolute Gasteiger partial charge is 0.249 e. The first-order chi connectivity index (χ1) is 9.70. The number of rotatable bonds is 2. The molecule has 1 N–H and O–H groups in total. The molecule has 1 atom stereocenters. The summed E-state index contributed by atoms with van der Waals surface area (Å²) in [5.74, 6) is -0.236. The normalized spacial score (nSPS) is 27.1. The number of hydrogen-bond acceptors (Lipinski definition) is 3. The van der Waals surface area contributed by atoms with E-state index in [0.29, 0.717) is 13.2 Å². The second kappa shape index (κ2) is 5.50. The third-order valence-corrected chi connectivity index (χ3v) is 4.17. The number of benzene rings is 1. The number of amides is 1. The molecule has 5 heteroatoms. The van der Waals surface area contributed by atoms with Crippen LogP contribution >= 0.6 is 0 Å². The van der Waals surface area contributed by atoms with Crippen LogP contribution in [0.1, 0.15) is 18.4 Å². The molecule has 2 aliphatic heterocycles. The van der Waals surface area contributed by atoms with Gasteiger partial charge in [0.1, 0.15) is 12.4 Å². The first kappa shape index (κ1) is 13.5. The average molecular weight is 278 g/mol. The Balaban J connectivity index is 1.82. The summed E-state index contributed by atoms with van der Waals surface area (Å²) >= 11 is 0. The fourth-order valence-electron chi connectivity index (χ4n) is 3.08. The lowest BCUT2D eigenvalue weighted by Crippen LogP contribution is -2.65. The fourth-order valence-corrected chi connectivity index (χ4v) is 3.08. The van der Waals surface area contributed by atoms with Crippen LogP contribution in [-0.2, 0) is 16.1 Å². The Labute approximate surface area is 117 Å². The lowest BCUT2D eigenvalue weighted by atomic mass is 9.87. The van der Waals surface area contributed by atoms with Gasteiger partial charge in [0, 0.05) is 13.1 Å². The Kier molecular flexibility index (Phi) is 3.72. The van der Waals surface area contributed by atoms with E-state index in [1.54, 1.807) is 12.1 Å². The van der Waals surface area contributed by atoms with Gasteiger partial charge in [-0.05, 0) is 37.1 Å². The van der Waals surface area contributed by atoms with Crippen LogP contribution in [0.5, 0.6) is 0 Å². The Morgan fingerprint density at radius 2 is 2.15 bits per heavy atom. The zero-order chi connectivity index (χ0) is 14.0. The molecule has 20 heavy (non-hydrogen) atoms. The molecule has 4 nitrogen and oxygen atoms in total. The van der Waals surface area contributed by atoms with Crippen molar-refractivity contribution in [1.82, 2.24) is 10.2 Å². The lowest BCUT2D eigenvalue weighted by Gasteiger charge is -2.49. The number of piperidine rings is 1. The Morgan fingerprint density at radius 3 is 2.85 bits per heavy atom. The van der Waals surface area contributed by atoms with E-state index in [9.17, 15) is 9.18 Å². The van der Waals surface area contributed by atoms with E-state index in [2.05, 4.69) is 5.32 Å².